The highest BCUT2D eigenvalue weighted by molar-refractivity contribution is 5.95. The first-order chi connectivity index (χ1) is 22.2. The Kier molecular flexibility index (Phi) is 9.44. The highest BCUT2D eigenvalue weighted by Crippen LogP contribution is 2.48. The van der Waals surface area contributed by atoms with Crippen molar-refractivity contribution >= 4 is 22.6 Å². The van der Waals surface area contributed by atoms with Gasteiger partial charge in [-0.2, -0.15) is 0 Å². The first kappa shape index (κ1) is 31.4. The summed E-state index contributed by atoms with van der Waals surface area (Å²) in [6, 6.07) is 16.1. The number of aromatic nitrogens is 1. The van der Waals surface area contributed by atoms with Crippen molar-refractivity contribution in [3.05, 3.63) is 78.2 Å². The summed E-state index contributed by atoms with van der Waals surface area (Å²) in [5.74, 6) is 2.57. The van der Waals surface area contributed by atoms with E-state index < -0.39 is 0 Å². The molecule has 3 aromatic carbocycles. The van der Waals surface area contributed by atoms with Crippen LogP contribution in [0.25, 0.3) is 10.9 Å². The fraction of sp³-hybridized carbons (Fsp3) is 0.389. The number of hydrogen-bond donors (Lipinski definition) is 2. The van der Waals surface area contributed by atoms with Crippen LogP contribution in [0.2, 0.25) is 0 Å². The number of benzene rings is 3. The van der Waals surface area contributed by atoms with Gasteiger partial charge < -0.3 is 34.5 Å². The number of amides is 2. The van der Waals surface area contributed by atoms with Gasteiger partial charge in [0.25, 0.3) is 0 Å². The molecule has 1 fully saturated rings. The lowest BCUT2D eigenvalue weighted by atomic mass is 9.83. The predicted molar refractivity (Wildman–Crippen MR) is 176 cm³/mol. The number of anilines is 1. The van der Waals surface area contributed by atoms with Gasteiger partial charge in [0.05, 0.1) is 23.6 Å². The average molecular weight is 629 g/mol. The van der Waals surface area contributed by atoms with Crippen LogP contribution in [0.3, 0.4) is 0 Å². The Bertz CT molecular complexity index is 1650. The molecule has 242 valence electrons. The van der Waals surface area contributed by atoms with E-state index in [9.17, 15) is 9.18 Å². The zero-order valence-corrected chi connectivity index (χ0v) is 26.6. The number of hydrogen-bond acceptors (Lipinski definition) is 7. The number of nitrogens with zero attached hydrogens (tertiary/aromatic N) is 2. The summed E-state index contributed by atoms with van der Waals surface area (Å²) in [6.45, 7) is 11.2. The van der Waals surface area contributed by atoms with Crippen LogP contribution in [-0.4, -0.2) is 55.4 Å². The number of urea groups is 1. The molecule has 3 heterocycles. The molecule has 0 saturated carbocycles. The summed E-state index contributed by atoms with van der Waals surface area (Å²) in [7, 11) is 0. The number of rotatable bonds is 10. The summed E-state index contributed by atoms with van der Waals surface area (Å²) in [5, 5.41) is 6.38. The molecule has 0 bridgehead atoms. The molecule has 0 spiro atoms. The molecule has 1 saturated heterocycles. The van der Waals surface area contributed by atoms with Crippen LogP contribution in [0, 0.1) is 11.2 Å². The van der Waals surface area contributed by atoms with Crippen molar-refractivity contribution in [2.45, 2.75) is 46.1 Å². The molecule has 2 aliphatic heterocycles. The maximum Gasteiger partial charge on any atom is 0.319 e. The molecule has 2 N–H and O–H groups in total. The predicted octanol–water partition coefficient (Wildman–Crippen LogP) is 7.71. The van der Waals surface area contributed by atoms with Gasteiger partial charge in [0.2, 0.25) is 5.75 Å². The zero-order valence-electron chi connectivity index (χ0n) is 26.6. The van der Waals surface area contributed by atoms with Gasteiger partial charge in [-0.15, -0.1) is 0 Å². The van der Waals surface area contributed by atoms with Gasteiger partial charge >= 0.3 is 6.03 Å². The normalized spacial score (nSPS) is 16.4. The van der Waals surface area contributed by atoms with Crippen molar-refractivity contribution in [1.82, 2.24) is 15.2 Å². The smallest absolute Gasteiger partial charge is 0.319 e. The van der Waals surface area contributed by atoms with Crippen LogP contribution >= 0.6 is 0 Å². The molecule has 0 unspecified atom stereocenters. The highest BCUT2D eigenvalue weighted by Gasteiger charge is 2.26. The highest BCUT2D eigenvalue weighted by atomic mass is 19.1. The Morgan fingerprint density at radius 1 is 1.00 bits per heavy atom. The van der Waals surface area contributed by atoms with Gasteiger partial charge in [-0.25, -0.2) is 9.18 Å². The summed E-state index contributed by atoms with van der Waals surface area (Å²) >= 11 is 0. The van der Waals surface area contributed by atoms with Crippen molar-refractivity contribution in [3.8, 4) is 28.7 Å². The number of fused-ring (bicyclic) bond motifs is 3. The number of carbonyl (C=O) groups is 1. The number of likely N-dealkylation sites (tertiary alicyclic amines) is 1. The second kappa shape index (κ2) is 13.8. The minimum absolute atomic E-state index is 0.293. The SMILES string of the molecule is C[C@@H](NC(=O)Nc1ccc(Oc2ccnc3cc(OCCCN4CCC(C)(C)CC4)c4c(c23)OCCO4)cc1)c1ccc(F)cc1. The van der Waals surface area contributed by atoms with E-state index in [1.54, 1.807) is 48.7 Å². The first-order valence-electron chi connectivity index (χ1n) is 15.9. The fourth-order valence-corrected chi connectivity index (χ4v) is 5.75. The summed E-state index contributed by atoms with van der Waals surface area (Å²) < 4.78 is 37.9. The minimum atomic E-state index is -0.372. The Morgan fingerprint density at radius 2 is 1.72 bits per heavy atom. The number of carbonyl (C=O) groups excluding carboxylic acids is 1. The number of halogens is 1. The van der Waals surface area contributed by atoms with Gasteiger partial charge in [0.15, 0.2) is 11.5 Å². The van der Waals surface area contributed by atoms with Gasteiger partial charge in [-0.1, -0.05) is 26.0 Å². The van der Waals surface area contributed by atoms with Crippen LogP contribution in [0.15, 0.2) is 66.9 Å². The van der Waals surface area contributed by atoms with Crippen molar-refractivity contribution in [2.75, 3.05) is 44.8 Å². The number of pyridine rings is 1. The molecular formula is C36H41FN4O5. The summed E-state index contributed by atoms with van der Waals surface area (Å²) in [5.41, 5.74) is 2.52. The van der Waals surface area contributed by atoms with Crippen molar-refractivity contribution < 1.29 is 28.1 Å². The Hall–Kier alpha value is -4.57. The monoisotopic (exact) mass is 628 g/mol. The van der Waals surface area contributed by atoms with Gasteiger partial charge in [-0.3, -0.25) is 4.98 Å². The molecule has 2 aliphatic rings. The molecule has 4 aromatic rings. The molecule has 2 amide bonds. The summed E-state index contributed by atoms with van der Waals surface area (Å²) in [6.07, 6.45) is 5.07. The number of nitrogens with one attached hydrogen (secondary N) is 2. The van der Waals surface area contributed by atoms with Crippen LogP contribution in [0.1, 0.15) is 51.6 Å². The zero-order chi connectivity index (χ0) is 32.1. The largest absolute Gasteiger partial charge is 0.489 e. The third kappa shape index (κ3) is 7.62. The van der Waals surface area contributed by atoms with E-state index in [2.05, 4.69) is 34.4 Å². The van der Waals surface area contributed by atoms with E-state index >= 15 is 0 Å². The van der Waals surface area contributed by atoms with Crippen LogP contribution in [-0.2, 0) is 0 Å². The number of ether oxygens (including phenoxy) is 4. The molecule has 9 nitrogen and oxygen atoms in total. The lowest BCUT2D eigenvalue weighted by Crippen LogP contribution is -2.38. The first-order valence-corrected chi connectivity index (χ1v) is 15.9. The summed E-state index contributed by atoms with van der Waals surface area (Å²) in [4.78, 5) is 19.7. The second-order valence-electron chi connectivity index (χ2n) is 12.6. The van der Waals surface area contributed by atoms with E-state index in [0.29, 0.717) is 70.6 Å². The van der Waals surface area contributed by atoms with Crippen LogP contribution in [0.5, 0.6) is 28.7 Å². The van der Waals surface area contributed by atoms with Gasteiger partial charge in [0, 0.05) is 24.5 Å². The van der Waals surface area contributed by atoms with E-state index in [-0.39, 0.29) is 17.9 Å². The average Bonchev–Trinajstić information content (AvgIpc) is 3.05. The lowest BCUT2D eigenvalue weighted by molar-refractivity contribution is 0.124. The fourth-order valence-electron chi connectivity index (χ4n) is 5.75. The molecular weight excluding hydrogens is 587 g/mol. The van der Waals surface area contributed by atoms with Crippen LogP contribution < -0.4 is 29.6 Å². The molecule has 1 atom stereocenters. The van der Waals surface area contributed by atoms with Gasteiger partial charge in [0.1, 0.15) is 30.5 Å². The van der Waals surface area contributed by atoms with E-state index in [0.717, 1.165) is 31.6 Å². The Balaban J connectivity index is 1.10. The standard InChI is InChI=1S/C36H41FN4O5/c1-24(25-5-7-26(37)8-6-25)39-35(42)40-27-9-11-28(12-10-27)46-30-13-16-38-29-23-31(33-34(32(29)30)45-22-21-44-33)43-20-4-17-41-18-14-36(2,3)15-19-41/h5-13,16,23-24H,4,14-15,17-22H2,1-3H3,(H2,39,40,42)/t24-/m1/s1. The molecule has 6 rings (SSSR count). The lowest BCUT2D eigenvalue weighted by Gasteiger charge is -2.36. The van der Waals surface area contributed by atoms with Gasteiger partial charge in [-0.05, 0) is 92.7 Å². The molecule has 1 aromatic heterocycles. The quantitative estimate of drug-likeness (QED) is 0.174. The van der Waals surface area contributed by atoms with E-state index in [1.165, 1.54) is 25.0 Å². The minimum Gasteiger partial charge on any atom is -0.489 e. The Labute approximate surface area is 269 Å². The van der Waals surface area contributed by atoms with Crippen molar-refractivity contribution in [3.63, 3.8) is 0 Å². The van der Waals surface area contributed by atoms with Crippen LogP contribution in [0.4, 0.5) is 14.9 Å². The number of piperidine rings is 1. The maximum atomic E-state index is 13.2. The topological polar surface area (TPSA) is 94.2 Å². The molecule has 0 aliphatic carbocycles. The Morgan fingerprint density at radius 3 is 2.46 bits per heavy atom. The molecule has 0 radical (unpaired) electrons. The van der Waals surface area contributed by atoms with Crippen molar-refractivity contribution in [2.24, 2.45) is 5.41 Å². The third-order valence-corrected chi connectivity index (χ3v) is 8.59. The van der Waals surface area contributed by atoms with E-state index in [1.807, 2.05) is 13.0 Å². The second-order valence-corrected chi connectivity index (χ2v) is 12.6. The third-order valence-electron chi connectivity index (χ3n) is 8.59. The molecule has 46 heavy (non-hydrogen) atoms. The molecule has 10 heteroatoms. The van der Waals surface area contributed by atoms with E-state index in [4.69, 9.17) is 18.9 Å². The maximum absolute atomic E-state index is 13.2. The van der Waals surface area contributed by atoms with Crippen molar-refractivity contribution in [1.29, 1.82) is 0 Å².